The number of nitrogens with two attached hydrogens (primary N) is 1. The molecule has 0 radical (unpaired) electrons. The van der Waals surface area contributed by atoms with E-state index in [2.05, 4.69) is 15.3 Å². The fourth-order valence-corrected chi connectivity index (χ4v) is 1.84. The van der Waals surface area contributed by atoms with E-state index < -0.39 is 10.8 Å². The Morgan fingerprint density at radius 3 is 2.53 bits per heavy atom. The van der Waals surface area contributed by atoms with Gasteiger partial charge in [-0.05, 0) is 30.3 Å². The summed E-state index contributed by atoms with van der Waals surface area (Å²) in [6.07, 6.45) is 3.23. The zero-order valence-electron chi connectivity index (χ0n) is 9.25. The van der Waals surface area contributed by atoms with Gasteiger partial charge >= 0.3 is 0 Å². The summed E-state index contributed by atoms with van der Waals surface area (Å²) in [6.45, 7) is 0. The highest BCUT2D eigenvalue weighted by atomic mass is 32.2. The van der Waals surface area contributed by atoms with Gasteiger partial charge in [-0.3, -0.25) is 4.21 Å². The van der Waals surface area contributed by atoms with E-state index in [4.69, 9.17) is 5.73 Å². The lowest BCUT2D eigenvalue weighted by Gasteiger charge is -2.06. The Balaban J connectivity index is 2.16. The van der Waals surface area contributed by atoms with Crippen molar-refractivity contribution in [2.45, 2.75) is 4.90 Å². The van der Waals surface area contributed by atoms with Crippen LogP contribution in [0, 0.1) is 0 Å². The molecule has 0 aliphatic heterocycles. The molecule has 0 spiro atoms. The second-order valence-corrected chi connectivity index (χ2v) is 4.78. The maximum Gasteiger partial charge on any atom is 0.221 e. The monoisotopic (exact) mass is 248 g/mol. The first-order valence-corrected chi connectivity index (χ1v) is 6.50. The molecule has 5 nitrogen and oxygen atoms in total. The molecule has 0 aliphatic rings. The molecule has 2 aromatic rings. The molecule has 6 heteroatoms. The number of aromatic nitrogens is 2. The molecule has 0 amide bonds. The zero-order valence-corrected chi connectivity index (χ0v) is 10.1. The SMILES string of the molecule is CS(=O)c1ccc(Nc2ccnc(N)n2)cc1. The summed E-state index contributed by atoms with van der Waals surface area (Å²) in [6, 6.07) is 9.03. The van der Waals surface area contributed by atoms with Gasteiger partial charge in [0.05, 0.1) is 0 Å². The number of anilines is 3. The van der Waals surface area contributed by atoms with Gasteiger partial charge in [0.15, 0.2) is 0 Å². The molecule has 0 fully saturated rings. The second-order valence-electron chi connectivity index (χ2n) is 3.40. The summed E-state index contributed by atoms with van der Waals surface area (Å²) in [7, 11) is -0.961. The quantitative estimate of drug-likeness (QED) is 0.861. The van der Waals surface area contributed by atoms with Crippen LogP contribution in [0.4, 0.5) is 17.5 Å². The number of benzene rings is 1. The van der Waals surface area contributed by atoms with Crippen molar-refractivity contribution in [3.05, 3.63) is 36.5 Å². The molecular weight excluding hydrogens is 236 g/mol. The standard InChI is InChI=1S/C11H12N4OS/c1-17(16)9-4-2-8(3-5-9)14-10-6-7-13-11(12)15-10/h2-7H,1H3,(H3,12,13,14,15). The lowest BCUT2D eigenvalue weighted by atomic mass is 10.3. The molecule has 0 saturated heterocycles. The predicted octanol–water partition coefficient (Wildman–Crippen LogP) is 1.54. The van der Waals surface area contributed by atoms with Crippen molar-refractivity contribution in [3.8, 4) is 0 Å². The molecule has 17 heavy (non-hydrogen) atoms. The molecule has 1 heterocycles. The van der Waals surface area contributed by atoms with Crippen LogP contribution in [0.15, 0.2) is 41.4 Å². The molecule has 1 atom stereocenters. The van der Waals surface area contributed by atoms with E-state index in [1.54, 1.807) is 18.5 Å². The van der Waals surface area contributed by atoms with Gasteiger partial charge in [-0.2, -0.15) is 4.98 Å². The van der Waals surface area contributed by atoms with E-state index >= 15 is 0 Å². The fourth-order valence-electron chi connectivity index (χ4n) is 1.32. The van der Waals surface area contributed by atoms with Crippen molar-refractivity contribution < 1.29 is 4.21 Å². The van der Waals surface area contributed by atoms with Gasteiger partial charge < -0.3 is 11.1 Å². The number of nitrogens with one attached hydrogen (secondary N) is 1. The summed E-state index contributed by atoms with van der Waals surface area (Å²) >= 11 is 0. The van der Waals surface area contributed by atoms with Crippen molar-refractivity contribution in [1.29, 1.82) is 0 Å². The molecule has 88 valence electrons. The van der Waals surface area contributed by atoms with Gasteiger partial charge in [0.2, 0.25) is 5.95 Å². The van der Waals surface area contributed by atoms with Crippen molar-refractivity contribution in [1.82, 2.24) is 9.97 Å². The number of nitrogens with zero attached hydrogens (tertiary/aromatic N) is 2. The Morgan fingerprint density at radius 1 is 1.24 bits per heavy atom. The summed E-state index contributed by atoms with van der Waals surface area (Å²) in [5, 5.41) is 3.08. The normalized spacial score (nSPS) is 12.1. The third-order valence-corrected chi connectivity index (χ3v) is 3.07. The van der Waals surface area contributed by atoms with E-state index in [1.807, 2.05) is 24.3 Å². The Labute approximate surface area is 102 Å². The van der Waals surface area contributed by atoms with Gasteiger partial charge in [-0.15, -0.1) is 0 Å². The van der Waals surface area contributed by atoms with Crippen LogP contribution in [-0.2, 0) is 10.8 Å². The Bertz CT molecular complexity index is 541. The first-order valence-electron chi connectivity index (χ1n) is 4.94. The van der Waals surface area contributed by atoms with Gasteiger partial charge in [-0.25, -0.2) is 4.98 Å². The van der Waals surface area contributed by atoms with E-state index in [0.29, 0.717) is 5.82 Å². The van der Waals surface area contributed by atoms with Crippen LogP contribution in [0.25, 0.3) is 0 Å². The highest BCUT2D eigenvalue weighted by Gasteiger charge is 1.99. The highest BCUT2D eigenvalue weighted by molar-refractivity contribution is 7.84. The summed E-state index contributed by atoms with van der Waals surface area (Å²) in [5.41, 5.74) is 6.33. The van der Waals surface area contributed by atoms with Crippen LogP contribution in [0.1, 0.15) is 0 Å². The first kappa shape index (κ1) is 11.5. The molecule has 0 aliphatic carbocycles. The summed E-state index contributed by atoms with van der Waals surface area (Å²) in [5.74, 6) is 0.851. The van der Waals surface area contributed by atoms with Crippen LogP contribution in [0.3, 0.4) is 0 Å². The van der Waals surface area contributed by atoms with Crippen LogP contribution < -0.4 is 11.1 Å². The fraction of sp³-hybridized carbons (Fsp3) is 0.0909. The van der Waals surface area contributed by atoms with Gasteiger partial charge in [-0.1, -0.05) is 0 Å². The Morgan fingerprint density at radius 2 is 1.94 bits per heavy atom. The maximum absolute atomic E-state index is 11.2. The average molecular weight is 248 g/mol. The molecule has 0 bridgehead atoms. The molecular formula is C11H12N4OS. The molecule has 0 saturated carbocycles. The third-order valence-electron chi connectivity index (χ3n) is 2.13. The van der Waals surface area contributed by atoms with E-state index in [9.17, 15) is 4.21 Å². The van der Waals surface area contributed by atoms with Crippen molar-refractivity contribution in [3.63, 3.8) is 0 Å². The zero-order chi connectivity index (χ0) is 12.3. The minimum absolute atomic E-state index is 0.223. The first-order chi connectivity index (χ1) is 8.15. The summed E-state index contributed by atoms with van der Waals surface area (Å²) < 4.78 is 11.2. The van der Waals surface area contributed by atoms with Gasteiger partial charge in [0.25, 0.3) is 0 Å². The van der Waals surface area contributed by atoms with Gasteiger partial charge in [0, 0.05) is 33.8 Å². The largest absolute Gasteiger partial charge is 0.368 e. The number of hydrogen-bond acceptors (Lipinski definition) is 5. The minimum atomic E-state index is -0.961. The molecule has 1 aromatic carbocycles. The topological polar surface area (TPSA) is 80.9 Å². The van der Waals surface area contributed by atoms with Crippen LogP contribution in [0.5, 0.6) is 0 Å². The van der Waals surface area contributed by atoms with Crippen molar-refractivity contribution in [2.24, 2.45) is 0 Å². The van der Waals surface area contributed by atoms with E-state index in [-0.39, 0.29) is 5.95 Å². The summed E-state index contributed by atoms with van der Waals surface area (Å²) in [4.78, 5) is 8.62. The Hall–Kier alpha value is -1.95. The molecule has 3 N–H and O–H groups in total. The van der Waals surface area contributed by atoms with Crippen LogP contribution in [-0.4, -0.2) is 20.4 Å². The smallest absolute Gasteiger partial charge is 0.221 e. The molecule has 1 aromatic heterocycles. The average Bonchev–Trinajstić information content (AvgIpc) is 2.29. The number of nitrogen functional groups attached to an aromatic ring is 1. The van der Waals surface area contributed by atoms with E-state index in [0.717, 1.165) is 10.6 Å². The second kappa shape index (κ2) is 4.92. The maximum atomic E-state index is 11.2. The van der Waals surface area contributed by atoms with Crippen molar-refractivity contribution >= 4 is 28.3 Å². The van der Waals surface area contributed by atoms with E-state index in [1.165, 1.54) is 0 Å². The van der Waals surface area contributed by atoms with Crippen LogP contribution >= 0.6 is 0 Å². The number of rotatable bonds is 3. The van der Waals surface area contributed by atoms with Crippen molar-refractivity contribution in [2.75, 3.05) is 17.3 Å². The molecule has 2 rings (SSSR count). The van der Waals surface area contributed by atoms with Gasteiger partial charge in [0.1, 0.15) is 5.82 Å². The highest BCUT2D eigenvalue weighted by Crippen LogP contribution is 2.16. The predicted molar refractivity (Wildman–Crippen MR) is 68.5 cm³/mol. The third kappa shape index (κ3) is 3.01. The Kier molecular flexibility index (Phi) is 3.34. The molecule has 1 unspecified atom stereocenters. The minimum Gasteiger partial charge on any atom is -0.368 e. The lowest BCUT2D eigenvalue weighted by molar-refractivity contribution is 0.687. The number of hydrogen-bond donors (Lipinski definition) is 2. The lowest BCUT2D eigenvalue weighted by Crippen LogP contribution is -1.99. The van der Waals surface area contributed by atoms with Crippen LogP contribution in [0.2, 0.25) is 0 Å².